The number of fused-ring (bicyclic) bond motifs is 6. The third kappa shape index (κ3) is 13.1. The minimum atomic E-state index is -1.41. The molecule has 5 nitrogen and oxygen atoms in total. The van der Waals surface area contributed by atoms with Gasteiger partial charge in [0.05, 0.1) is 0 Å². The summed E-state index contributed by atoms with van der Waals surface area (Å²) in [7, 11) is -1.41. The van der Waals surface area contributed by atoms with Crippen molar-refractivity contribution < 1.29 is 24.7 Å². The molecule has 0 atom stereocenters. The number of phenols is 2. The SMILES string of the molecule is Clc1ccc2c(c1)oc1cc(-c3ccc4cccc(Br)c4c3)ccc12.OB(O)c1ccc2cccc(Br)c2c1.Oc1cc(-c2ccc3cccc(Br)c3c2)ccc1-c1ccc(Cl)cc1.Oc1cc(Br)ccc1-c1ccc(Cl)cc1. The quantitative estimate of drug-likeness (QED) is 0.129. The van der Waals surface area contributed by atoms with E-state index in [1.54, 1.807) is 30.3 Å². The zero-order valence-electron chi connectivity index (χ0n) is 41.4. The molecule has 388 valence electrons. The molecular weight excluding hydrogens is 1310 g/mol. The van der Waals surface area contributed by atoms with Crippen molar-refractivity contribution in [3.63, 3.8) is 0 Å². The molecule has 0 radical (unpaired) electrons. The Morgan fingerprint density at radius 3 is 1.23 bits per heavy atom. The lowest BCUT2D eigenvalue weighted by Gasteiger charge is -2.10. The number of benzene rings is 12. The highest BCUT2D eigenvalue weighted by molar-refractivity contribution is 9.11. The largest absolute Gasteiger partial charge is 0.507 e. The molecule has 0 bridgehead atoms. The second-order valence-corrected chi connectivity index (χ2v) is 23.1. The maximum absolute atomic E-state index is 10.5. The summed E-state index contributed by atoms with van der Waals surface area (Å²) in [5.41, 5.74) is 10.0. The van der Waals surface area contributed by atoms with Crippen LogP contribution in [0.5, 0.6) is 11.5 Å². The van der Waals surface area contributed by atoms with Crippen molar-refractivity contribution in [3.05, 3.63) is 263 Å². The standard InChI is InChI=1S/C22H12BrClO.C22H14BrClO.C12H8BrClO.C10H8BBrO2/c23-20-3-1-2-13-4-5-14(10-19(13)20)15-6-8-17-18-9-7-16(24)12-22(18)25-21(17)11-15;23-21-3-1-2-14-4-5-16(12-20(14)21)17-8-11-19(22(25)13-17)15-6-9-18(24)10-7-15;13-9-3-6-11(12(15)7-9)8-1-4-10(14)5-2-8;12-10-3-1-2-7-4-5-8(11(13)14)6-9(7)10/h1-12H;1-13,25H;1-7,15H;1-6,13-14H. The maximum Gasteiger partial charge on any atom is 0.488 e. The summed E-state index contributed by atoms with van der Waals surface area (Å²) < 4.78 is 9.99. The highest BCUT2D eigenvalue weighted by atomic mass is 79.9. The number of rotatable bonds is 5. The van der Waals surface area contributed by atoms with Crippen molar-refractivity contribution in [2.24, 2.45) is 0 Å². The molecule has 13 heteroatoms. The van der Waals surface area contributed by atoms with Crippen LogP contribution < -0.4 is 5.46 Å². The summed E-state index contributed by atoms with van der Waals surface area (Å²) in [6.45, 7) is 0. The number of halogens is 7. The average molecular weight is 1350 g/mol. The second-order valence-electron chi connectivity index (χ2n) is 18.3. The van der Waals surface area contributed by atoms with E-state index in [4.69, 9.17) is 49.3 Å². The molecule has 13 rings (SSSR count). The van der Waals surface area contributed by atoms with Crippen molar-refractivity contribution in [2.75, 3.05) is 0 Å². The monoisotopic (exact) mass is 1350 g/mol. The molecule has 0 amide bonds. The molecule has 0 saturated carbocycles. The van der Waals surface area contributed by atoms with Gasteiger partial charge in [-0.1, -0.05) is 220 Å². The summed E-state index contributed by atoms with van der Waals surface area (Å²) in [6.07, 6.45) is 0. The second kappa shape index (κ2) is 24.9. The van der Waals surface area contributed by atoms with E-state index in [-0.39, 0.29) is 11.5 Å². The Balaban J connectivity index is 0.000000123. The molecule has 0 aliphatic carbocycles. The van der Waals surface area contributed by atoms with Gasteiger partial charge in [0.2, 0.25) is 0 Å². The van der Waals surface area contributed by atoms with E-state index in [0.29, 0.717) is 20.5 Å². The predicted molar refractivity (Wildman–Crippen MR) is 346 cm³/mol. The van der Waals surface area contributed by atoms with Gasteiger partial charge in [-0.15, -0.1) is 0 Å². The van der Waals surface area contributed by atoms with Gasteiger partial charge in [-0.3, -0.25) is 0 Å². The molecule has 1 aromatic heterocycles. The lowest BCUT2D eigenvalue weighted by Crippen LogP contribution is -2.29. The van der Waals surface area contributed by atoms with Gasteiger partial charge in [-0.2, -0.15) is 0 Å². The van der Waals surface area contributed by atoms with Crippen LogP contribution in [0.2, 0.25) is 15.1 Å². The Morgan fingerprint density at radius 2 is 0.722 bits per heavy atom. The van der Waals surface area contributed by atoms with E-state index in [2.05, 4.69) is 143 Å². The molecule has 0 spiro atoms. The highest BCUT2D eigenvalue weighted by Crippen LogP contribution is 2.38. The molecule has 0 aliphatic heterocycles. The lowest BCUT2D eigenvalue weighted by molar-refractivity contribution is 0.426. The molecule has 0 unspecified atom stereocenters. The first-order valence-electron chi connectivity index (χ1n) is 24.5. The number of furan rings is 1. The van der Waals surface area contributed by atoms with Crippen LogP contribution in [0.25, 0.3) is 98.8 Å². The van der Waals surface area contributed by atoms with Gasteiger partial charge < -0.3 is 24.7 Å². The fourth-order valence-electron chi connectivity index (χ4n) is 9.13. The Bertz CT molecular complexity index is 4360. The third-order valence-corrected chi connectivity index (χ3v) is 16.5. The molecular formula is C66H42BBr4Cl3O5. The normalized spacial score (nSPS) is 10.9. The Morgan fingerprint density at radius 1 is 0.329 bits per heavy atom. The minimum absolute atomic E-state index is 0.256. The summed E-state index contributed by atoms with van der Waals surface area (Å²) in [6, 6.07) is 74.6. The zero-order chi connectivity index (χ0) is 55.3. The van der Waals surface area contributed by atoms with Crippen LogP contribution in [-0.2, 0) is 0 Å². The summed E-state index contributed by atoms with van der Waals surface area (Å²) in [5.74, 6) is 0.513. The van der Waals surface area contributed by atoms with E-state index < -0.39 is 7.12 Å². The molecule has 1 heterocycles. The van der Waals surface area contributed by atoms with Gasteiger partial charge >= 0.3 is 7.12 Å². The molecule has 0 fully saturated rings. The molecule has 12 aromatic carbocycles. The van der Waals surface area contributed by atoms with Gasteiger partial charge in [0.25, 0.3) is 0 Å². The highest BCUT2D eigenvalue weighted by Gasteiger charge is 2.13. The van der Waals surface area contributed by atoms with Crippen LogP contribution in [0.4, 0.5) is 0 Å². The van der Waals surface area contributed by atoms with Crippen LogP contribution in [0.3, 0.4) is 0 Å². The van der Waals surface area contributed by atoms with E-state index in [9.17, 15) is 10.2 Å². The predicted octanol–water partition coefficient (Wildman–Crippen LogP) is 20.9. The van der Waals surface area contributed by atoms with E-state index in [0.717, 1.165) is 94.9 Å². The summed E-state index contributed by atoms with van der Waals surface area (Å²) in [4.78, 5) is 0. The van der Waals surface area contributed by atoms with Crippen molar-refractivity contribution in [1.82, 2.24) is 0 Å². The van der Waals surface area contributed by atoms with Crippen LogP contribution in [-0.4, -0.2) is 27.4 Å². The zero-order valence-corrected chi connectivity index (χ0v) is 50.0. The fraction of sp³-hybridized carbons (Fsp3) is 0. The van der Waals surface area contributed by atoms with E-state index in [1.165, 1.54) is 21.7 Å². The van der Waals surface area contributed by atoms with Gasteiger partial charge in [-0.25, -0.2) is 0 Å². The number of hydrogen-bond acceptors (Lipinski definition) is 5. The van der Waals surface area contributed by atoms with Gasteiger partial charge in [-0.05, 0) is 174 Å². The Hall–Kier alpha value is -6.41. The van der Waals surface area contributed by atoms with Crippen LogP contribution >= 0.6 is 98.5 Å². The molecule has 13 aromatic rings. The lowest BCUT2D eigenvalue weighted by atomic mass is 9.79. The van der Waals surface area contributed by atoms with Crippen LogP contribution in [0.15, 0.2) is 253 Å². The molecule has 79 heavy (non-hydrogen) atoms. The topological polar surface area (TPSA) is 94.1 Å². The number of hydrogen-bond donors (Lipinski definition) is 4. The molecule has 0 aliphatic rings. The van der Waals surface area contributed by atoms with Crippen LogP contribution in [0, 0.1) is 0 Å². The van der Waals surface area contributed by atoms with Gasteiger partial charge in [0.1, 0.15) is 22.7 Å². The summed E-state index contributed by atoms with van der Waals surface area (Å²) >= 11 is 31.8. The Kier molecular flexibility index (Phi) is 17.6. The van der Waals surface area contributed by atoms with E-state index in [1.807, 2.05) is 121 Å². The van der Waals surface area contributed by atoms with Crippen molar-refractivity contribution in [1.29, 1.82) is 0 Å². The molecule has 4 N–H and O–H groups in total. The first-order valence-corrected chi connectivity index (χ1v) is 28.8. The van der Waals surface area contributed by atoms with Crippen molar-refractivity contribution >= 4 is 165 Å². The summed E-state index contributed by atoms with van der Waals surface area (Å²) in [5, 5.41) is 49.4. The van der Waals surface area contributed by atoms with E-state index >= 15 is 0 Å². The molecule has 0 saturated heterocycles. The maximum atomic E-state index is 10.5. The van der Waals surface area contributed by atoms with Gasteiger partial charge in [0.15, 0.2) is 0 Å². The van der Waals surface area contributed by atoms with Gasteiger partial charge in [0, 0.05) is 60.9 Å². The first kappa shape index (κ1) is 55.9. The fourth-order valence-corrected chi connectivity index (χ4v) is 11.4. The number of phenolic OH excluding ortho intramolecular Hbond substituents is 2. The third-order valence-electron chi connectivity index (χ3n) is 13.2. The first-order chi connectivity index (χ1) is 38.1. The van der Waals surface area contributed by atoms with Crippen molar-refractivity contribution in [3.8, 4) is 56.0 Å². The average Bonchev–Trinajstić information content (AvgIpc) is 3.96. The van der Waals surface area contributed by atoms with Crippen molar-refractivity contribution in [2.45, 2.75) is 0 Å². The van der Waals surface area contributed by atoms with Crippen LogP contribution in [0.1, 0.15) is 0 Å². The minimum Gasteiger partial charge on any atom is -0.507 e. The Labute approximate surface area is 505 Å². The number of aromatic hydroxyl groups is 2. The smallest absolute Gasteiger partial charge is 0.488 e.